The first kappa shape index (κ1) is 22.9. The standard InChI is InChI=1S/C22H26N4O6/c1-5-31-19(27)15-11(3)23-21(29)25-17(15)13-8-7-9-14(10-13)18-16(20(28)32-6-2)12(4)24-22(30)26-18/h7-10,17-18H,5-6H2,1-4H3,(H2,23,25,29)(H2,24,26,30). The Morgan fingerprint density at radius 2 is 1.22 bits per heavy atom. The van der Waals surface area contributed by atoms with Crippen LogP contribution in [0.3, 0.4) is 0 Å². The first-order chi connectivity index (χ1) is 15.3. The average molecular weight is 442 g/mol. The van der Waals surface area contributed by atoms with E-state index in [1.165, 1.54) is 0 Å². The van der Waals surface area contributed by atoms with Crippen LogP contribution in [0.2, 0.25) is 0 Å². The second-order valence-electron chi connectivity index (χ2n) is 7.25. The highest BCUT2D eigenvalue weighted by Gasteiger charge is 2.35. The number of benzene rings is 1. The smallest absolute Gasteiger partial charge is 0.338 e. The van der Waals surface area contributed by atoms with Gasteiger partial charge in [0.1, 0.15) is 0 Å². The quantitative estimate of drug-likeness (QED) is 0.498. The number of allylic oxidation sites excluding steroid dienone is 2. The Balaban J connectivity index is 2.05. The van der Waals surface area contributed by atoms with Crippen molar-refractivity contribution in [3.05, 3.63) is 57.9 Å². The minimum absolute atomic E-state index is 0.185. The molecule has 0 bridgehead atoms. The molecule has 4 amide bonds. The maximum absolute atomic E-state index is 12.6. The predicted molar refractivity (Wildman–Crippen MR) is 114 cm³/mol. The summed E-state index contributed by atoms with van der Waals surface area (Å²) in [5.74, 6) is -1.10. The van der Waals surface area contributed by atoms with Gasteiger partial charge >= 0.3 is 24.0 Å². The summed E-state index contributed by atoms with van der Waals surface area (Å²) < 4.78 is 10.3. The molecule has 0 saturated heterocycles. The summed E-state index contributed by atoms with van der Waals surface area (Å²) in [7, 11) is 0. The highest BCUT2D eigenvalue weighted by atomic mass is 16.5. The van der Waals surface area contributed by atoms with Crippen molar-refractivity contribution < 1.29 is 28.7 Å². The van der Waals surface area contributed by atoms with Crippen LogP contribution in [-0.4, -0.2) is 37.2 Å². The molecule has 1 aromatic carbocycles. The van der Waals surface area contributed by atoms with E-state index in [0.29, 0.717) is 22.5 Å². The third-order valence-corrected chi connectivity index (χ3v) is 5.11. The Kier molecular flexibility index (Phi) is 6.82. The molecule has 0 aliphatic carbocycles. The summed E-state index contributed by atoms with van der Waals surface area (Å²) in [6.07, 6.45) is 0. The van der Waals surface area contributed by atoms with Gasteiger partial charge in [-0.2, -0.15) is 0 Å². The van der Waals surface area contributed by atoms with Gasteiger partial charge in [-0.3, -0.25) is 0 Å². The zero-order valence-corrected chi connectivity index (χ0v) is 18.3. The highest BCUT2D eigenvalue weighted by molar-refractivity contribution is 5.96. The summed E-state index contributed by atoms with van der Waals surface area (Å²) in [6, 6.07) is 4.50. The van der Waals surface area contributed by atoms with Crippen LogP contribution in [0.4, 0.5) is 9.59 Å². The molecular formula is C22H26N4O6. The fraction of sp³-hybridized carbons (Fsp3) is 0.364. The van der Waals surface area contributed by atoms with Gasteiger partial charge < -0.3 is 30.7 Å². The van der Waals surface area contributed by atoms with Crippen LogP contribution in [0, 0.1) is 0 Å². The normalized spacial score (nSPS) is 20.6. The molecule has 4 N–H and O–H groups in total. The fourth-order valence-electron chi connectivity index (χ4n) is 3.76. The van der Waals surface area contributed by atoms with Gasteiger partial charge in [-0.05, 0) is 38.8 Å². The van der Waals surface area contributed by atoms with E-state index >= 15 is 0 Å². The van der Waals surface area contributed by atoms with Crippen LogP contribution in [0.25, 0.3) is 0 Å². The van der Waals surface area contributed by atoms with Gasteiger partial charge in [0.15, 0.2) is 0 Å². The van der Waals surface area contributed by atoms with Gasteiger partial charge in [0.2, 0.25) is 0 Å². The molecular weight excluding hydrogens is 416 g/mol. The molecule has 10 nitrogen and oxygen atoms in total. The lowest BCUT2D eigenvalue weighted by Crippen LogP contribution is -2.46. The molecule has 0 saturated carbocycles. The van der Waals surface area contributed by atoms with Crippen LogP contribution in [0.1, 0.15) is 50.9 Å². The molecule has 1 aromatic rings. The molecule has 2 aliphatic rings. The molecule has 0 radical (unpaired) electrons. The Morgan fingerprint density at radius 3 is 1.59 bits per heavy atom. The van der Waals surface area contributed by atoms with Gasteiger partial charge in [-0.15, -0.1) is 0 Å². The summed E-state index contributed by atoms with van der Waals surface area (Å²) >= 11 is 0. The van der Waals surface area contributed by atoms with E-state index in [0.717, 1.165) is 0 Å². The van der Waals surface area contributed by atoms with Crippen molar-refractivity contribution in [2.24, 2.45) is 0 Å². The molecule has 3 rings (SSSR count). The SMILES string of the molecule is CCOC(=O)C1=C(C)NC(=O)NC1c1cccc(C2NC(=O)NC(C)=C2C(=O)OCC)c1. The molecule has 2 atom stereocenters. The number of ether oxygens (including phenoxy) is 2. The monoisotopic (exact) mass is 442 g/mol. The molecule has 2 unspecified atom stereocenters. The van der Waals surface area contributed by atoms with Crippen LogP contribution in [0.5, 0.6) is 0 Å². The maximum atomic E-state index is 12.6. The van der Waals surface area contributed by atoms with Crippen molar-refractivity contribution >= 4 is 24.0 Å². The molecule has 170 valence electrons. The zero-order chi connectivity index (χ0) is 23.4. The van der Waals surface area contributed by atoms with Gasteiger partial charge in [0.05, 0.1) is 36.4 Å². The van der Waals surface area contributed by atoms with E-state index in [2.05, 4.69) is 21.3 Å². The van der Waals surface area contributed by atoms with Gasteiger partial charge in [0.25, 0.3) is 0 Å². The second kappa shape index (κ2) is 9.54. The number of carbonyl (C=O) groups excluding carboxylic acids is 4. The second-order valence-corrected chi connectivity index (χ2v) is 7.25. The van der Waals surface area contributed by atoms with Crippen LogP contribution in [0.15, 0.2) is 46.8 Å². The number of hydrogen-bond donors (Lipinski definition) is 4. The van der Waals surface area contributed by atoms with Crippen molar-refractivity contribution in [1.29, 1.82) is 0 Å². The molecule has 10 heteroatoms. The van der Waals surface area contributed by atoms with E-state index < -0.39 is 36.1 Å². The lowest BCUT2D eigenvalue weighted by atomic mass is 9.90. The third kappa shape index (κ3) is 4.58. The van der Waals surface area contributed by atoms with Crippen molar-refractivity contribution in [2.75, 3.05) is 13.2 Å². The molecule has 32 heavy (non-hydrogen) atoms. The molecule has 0 fully saturated rings. The predicted octanol–water partition coefficient (Wildman–Crippen LogP) is 2.07. The number of urea groups is 2. The lowest BCUT2D eigenvalue weighted by molar-refractivity contribution is -0.140. The third-order valence-electron chi connectivity index (χ3n) is 5.11. The minimum atomic E-state index is -0.767. The topological polar surface area (TPSA) is 135 Å². The molecule has 2 aliphatic heterocycles. The Labute approximate surface area is 185 Å². The molecule has 0 spiro atoms. The zero-order valence-electron chi connectivity index (χ0n) is 18.3. The first-order valence-electron chi connectivity index (χ1n) is 10.3. The number of rotatable bonds is 6. The van der Waals surface area contributed by atoms with Gasteiger partial charge in [0, 0.05) is 11.4 Å². The summed E-state index contributed by atoms with van der Waals surface area (Å²) in [6.45, 7) is 7.02. The van der Waals surface area contributed by atoms with Crippen LogP contribution < -0.4 is 21.3 Å². The first-order valence-corrected chi connectivity index (χ1v) is 10.3. The number of amides is 4. The van der Waals surface area contributed by atoms with E-state index in [9.17, 15) is 19.2 Å². The summed E-state index contributed by atoms with van der Waals surface area (Å²) in [5, 5.41) is 10.7. The fourth-order valence-corrected chi connectivity index (χ4v) is 3.76. The number of hydrogen-bond acceptors (Lipinski definition) is 6. The largest absolute Gasteiger partial charge is 0.463 e. The van der Waals surface area contributed by atoms with E-state index in [1.54, 1.807) is 52.0 Å². The van der Waals surface area contributed by atoms with Gasteiger partial charge in [-0.25, -0.2) is 19.2 Å². The van der Waals surface area contributed by atoms with E-state index in [-0.39, 0.29) is 24.4 Å². The van der Waals surface area contributed by atoms with Crippen LogP contribution >= 0.6 is 0 Å². The van der Waals surface area contributed by atoms with Crippen molar-refractivity contribution in [2.45, 2.75) is 39.8 Å². The summed E-state index contributed by atoms with van der Waals surface area (Å²) in [5.41, 5.74) is 2.51. The van der Waals surface area contributed by atoms with Crippen molar-refractivity contribution in [1.82, 2.24) is 21.3 Å². The van der Waals surface area contributed by atoms with Gasteiger partial charge in [-0.1, -0.05) is 24.3 Å². The Hall–Kier alpha value is -3.82. The number of esters is 2. The Morgan fingerprint density at radius 1 is 0.812 bits per heavy atom. The molecule has 0 aromatic heterocycles. The summed E-state index contributed by atoms with van der Waals surface area (Å²) in [4.78, 5) is 49.4. The number of carbonyl (C=O) groups is 4. The minimum Gasteiger partial charge on any atom is -0.463 e. The highest BCUT2D eigenvalue weighted by Crippen LogP contribution is 2.32. The van der Waals surface area contributed by atoms with E-state index in [4.69, 9.17) is 9.47 Å². The van der Waals surface area contributed by atoms with Crippen LogP contribution in [-0.2, 0) is 19.1 Å². The van der Waals surface area contributed by atoms with Crippen molar-refractivity contribution in [3.63, 3.8) is 0 Å². The Bertz CT molecular complexity index is 952. The molecule has 2 heterocycles. The lowest BCUT2D eigenvalue weighted by Gasteiger charge is -2.30. The number of nitrogens with one attached hydrogen (secondary N) is 4. The van der Waals surface area contributed by atoms with E-state index in [1.807, 2.05) is 0 Å². The maximum Gasteiger partial charge on any atom is 0.338 e. The van der Waals surface area contributed by atoms with Crippen molar-refractivity contribution in [3.8, 4) is 0 Å². The average Bonchev–Trinajstić information content (AvgIpc) is 2.73.